The Morgan fingerprint density at radius 3 is 2.71 bits per heavy atom. The Morgan fingerprint density at radius 2 is 1.96 bits per heavy atom. The average molecular weight is 392 g/mol. The van der Waals surface area contributed by atoms with Crippen LogP contribution in [0.5, 0.6) is 0 Å². The van der Waals surface area contributed by atoms with Crippen LogP contribution in [0, 0.1) is 0 Å². The predicted octanol–water partition coefficient (Wildman–Crippen LogP) is 4.66. The zero-order valence-corrected chi connectivity index (χ0v) is 16.6. The predicted molar refractivity (Wildman–Crippen MR) is 112 cm³/mol. The van der Waals surface area contributed by atoms with E-state index in [9.17, 15) is 4.79 Å². The zero-order valence-electron chi connectivity index (χ0n) is 15.7. The monoisotopic (exact) mass is 391 g/mol. The molecule has 7 heteroatoms. The van der Waals surface area contributed by atoms with E-state index < -0.39 is 0 Å². The van der Waals surface area contributed by atoms with Crippen molar-refractivity contribution in [3.8, 4) is 0 Å². The minimum Gasteiger partial charge on any atom is -0.307 e. The molecule has 28 heavy (non-hydrogen) atoms. The Labute approximate surface area is 167 Å². The first-order valence-electron chi connectivity index (χ1n) is 9.10. The Morgan fingerprint density at radius 1 is 1.14 bits per heavy atom. The van der Waals surface area contributed by atoms with E-state index >= 15 is 0 Å². The van der Waals surface area contributed by atoms with Crippen molar-refractivity contribution in [3.63, 3.8) is 0 Å². The summed E-state index contributed by atoms with van der Waals surface area (Å²) in [7, 11) is 0. The zero-order chi connectivity index (χ0) is 19.5. The minimum atomic E-state index is -0.140. The van der Waals surface area contributed by atoms with Crippen LogP contribution < -0.4 is 5.32 Å². The number of hydrogen-bond donors (Lipinski definition) is 1. The number of carbonyl (C=O) groups excluding carboxylic acids is 1. The summed E-state index contributed by atoms with van der Waals surface area (Å²) >= 11 is 1.70. The number of anilines is 1. The number of benzene rings is 1. The fourth-order valence-corrected chi connectivity index (χ4v) is 3.71. The number of nitrogens with one attached hydrogen (secondary N) is 1. The van der Waals surface area contributed by atoms with Gasteiger partial charge in [0.05, 0.1) is 11.9 Å². The first kappa shape index (κ1) is 18.3. The van der Waals surface area contributed by atoms with Gasteiger partial charge in [0.25, 0.3) is 5.91 Å². The van der Waals surface area contributed by atoms with Gasteiger partial charge in [-0.25, -0.2) is 9.67 Å². The third-order valence-corrected chi connectivity index (χ3v) is 5.36. The Hall–Kier alpha value is -3.06. The van der Waals surface area contributed by atoms with E-state index in [-0.39, 0.29) is 11.9 Å². The summed E-state index contributed by atoms with van der Waals surface area (Å²) in [6.45, 7) is 4.05. The summed E-state index contributed by atoms with van der Waals surface area (Å²) in [4.78, 5) is 18.2. The number of carbonyl (C=O) groups is 1. The normalized spacial score (nSPS) is 11.2. The fourth-order valence-electron chi connectivity index (χ4n) is 2.93. The van der Waals surface area contributed by atoms with E-state index in [0.717, 1.165) is 22.0 Å². The van der Waals surface area contributed by atoms with Crippen LogP contribution in [0.1, 0.15) is 35.9 Å². The van der Waals surface area contributed by atoms with E-state index in [0.29, 0.717) is 11.4 Å². The number of aromatic nitrogens is 4. The molecule has 1 N–H and O–H groups in total. The number of imidazole rings is 1. The smallest absolute Gasteiger partial charge is 0.256 e. The Bertz CT molecular complexity index is 1060. The number of fused-ring (bicyclic) bond motifs is 1. The summed E-state index contributed by atoms with van der Waals surface area (Å²) in [5.41, 5.74) is 2.60. The quantitative estimate of drug-likeness (QED) is 0.486. The second-order valence-corrected chi connectivity index (χ2v) is 7.77. The number of pyridine rings is 1. The van der Waals surface area contributed by atoms with Gasteiger partial charge in [0.2, 0.25) is 0 Å². The lowest BCUT2D eigenvalue weighted by atomic mass is 10.2. The summed E-state index contributed by atoms with van der Waals surface area (Å²) < 4.78 is 3.81. The molecule has 0 radical (unpaired) electrons. The molecule has 1 amide bonds. The molecule has 0 aliphatic heterocycles. The van der Waals surface area contributed by atoms with Gasteiger partial charge >= 0.3 is 0 Å². The second kappa shape index (κ2) is 7.90. The number of amides is 1. The van der Waals surface area contributed by atoms with Gasteiger partial charge in [-0.2, -0.15) is 5.10 Å². The molecular weight excluding hydrogens is 370 g/mol. The maximum Gasteiger partial charge on any atom is 0.256 e. The average Bonchev–Trinajstić information content (AvgIpc) is 3.33. The van der Waals surface area contributed by atoms with Gasteiger partial charge in [0.1, 0.15) is 11.5 Å². The molecule has 0 saturated carbocycles. The standard InChI is InChI=1S/C21H21N5OS/c1-15(2)26-20(10-11-22-26)24-21(27)16-6-8-18(9-7-16)28-14-17-13-25-12-4-3-5-19(25)23-17/h3-13,15H,14H2,1-2H3,(H,24,27). The van der Waals surface area contributed by atoms with E-state index in [4.69, 9.17) is 0 Å². The first-order chi connectivity index (χ1) is 13.6. The van der Waals surface area contributed by atoms with Crippen LogP contribution in [0.15, 0.2) is 72.0 Å². The van der Waals surface area contributed by atoms with Gasteiger partial charge in [0, 0.05) is 40.7 Å². The van der Waals surface area contributed by atoms with Crippen molar-refractivity contribution in [2.24, 2.45) is 0 Å². The largest absolute Gasteiger partial charge is 0.307 e. The molecule has 6 nitrogen and oxygen atoms in total. The molecule has 0 bridgehead atoms. The highest BCUT2D eigenvalue weighted by Crippen LogP contribution is 2.23. The van der Waals surface area contributed by atoms with Crippen LogP contribution in [-0.4, -0.2) is 25.1 Å². The van der Waals surface area contributed by atoms with Crippen LogP contribution >= 0.6 is 11.8 Å². The highest BCUT2D eigenvalue weighted by Gasteiger charge is 2.11. The fraction of sp³-hybridized carbons (Fsp3) is 0.190. The van der Waals surface area contributed by atoms with Crippen molar-refractivity contribution in [3.05, 3.63) is 78.4 Å². The maximum atomic E-state index is 12.5. The van der Waals surface area contributed by atoms with Crippen molar-refractivity contribution >= 4 is 29.1 Å². The van der Waals surface area contributed by atoms with E-state index in [1.54, 1.807) is 28.7 Å². The van der Waals surface area contributed by atoms with E-state index in [2.05, 4.69) is 15.4 Å². The maximum absolute atomic E-state index is 12.5. The third kappa shape index (κ3) is 3.94. The number of thioether (sulfide) groups is 1. The van der Waals surface area contributed by atoms with Gasteiger partial charge < -0.3 is 9.72 Å². The molecule has 1 aromatic carbocycles. The summed E-state index contributed by atoms with van der Waals surface area (Å²) in [5, 5.41) is 7.16. The molecule has 0 saturated heterocycles. The number of hydrogen-bond acceptors (Lipinski definition) is 4. The third-order valence-electron chi connectivity index (χ3n) is 4.32. The summed E-state index contributed by atoms with van der Waals surface area (Å²) in [6, 6.07) is 15.6. The first-order valence-corrected chi connectivity index (χ1v) is 10.1. The second-order valence-electron chi connectivity index (χ2n) is 6.72. The molecule has 3 heterocycles. The van der Waals surface area contributed by atoms with E-state index in [1.165, 1.54) is 0 Å². The van der Waals surface area contributed by atoms with E-state index in [1.807, 2.05) is 73.1 Å². The lowest BCUT2D eigenvalue weighted by Gasteiger charge is -2.12. The molecule has 3 aromatic heterocycles. The van der Waals surface area contributed by atoms with Crippen molar-refractivity contribution in [1.82, 2.24) is 19.2 Å². The summed E-state index contributed by atoms with van der Waals surface area (Å²) in [5.74, 6) is 1.34. The van der Waals surface area contributed by atoms with Gasteiger partial charge in [-0.15, -0.1) is 11.8 Å². The Kier molecular flexibility index (Phi) is 5.16. The molecule has 0 spiro atoms. The van der Waals surface area contributed by atoms with Crippen molar-refractivity contribution < 1.29 is 4.79 Å². The molecule has 0 unspecified atom stereocenters. The molecule has 4 aromatic rings. The lowest BCUT2D eigenvalue weighted by Crippen LogP contribution is -2.16. The highest BCUT2D eigenvalue weighted by atomic mass is 32.2. The minimum absolute atomic E-state index is 0.140. The van der Waals surface area contributed by atoms with Crippen LogP contribution in [0.25, 0.3) is 5.65 Å². The topological polar surface area (TPSA) is 64.2 Å². The SMILES string of the molecule is CC(C)n1nccc1NC(=O)c1ccc(SCc2cn3ccccc3n2)cc1. The molecular formula is C21H21N5OS. The van der Waals surface area contributed by atoms with Gasteiger partial charge in [0.15, 0.2) is 0 Å². The van der Waals surface area contributed by atoms with Crippen molar-refractivity contribution in [2.45, 2.75) is 30.5 Å². The molecule has 0 fully saturated rings. The number of rotatable bonds is 6. The van der Waals surface area contributed by atoms with Gasteiger partial charge in [-0.05, 0) is 50.2 Å². The van der Waals surface area contributed by atoms with Gasteiger partial charge in [-0.1, -0.05) is 6.07 Å². The highest BCUT2D eigenvalue weighted by molar-refractivity contribution is 7.98. The van der Waals surface area contributed by atoms with Crippen molar-refractivity contribution in [2.75, 3.05) is 5.32 Å². The van der Waals surface area contributed by atoms with Crippen molar-refractivity contribution in [1.29, 1.82) is 0 Å². The van der Waals surface area contributed by atoms with Gasteiger partial charge in [-0.3, -0.25) is 4.79 Å². The molecule has 4 rings (SSSR count). The number of nitrogens with zero attached hydrogens (tertiary/aromatic N) is 4. The van der Waals surface area contributed by atoms with Crippen LogP contribution in [0.4, 0.5) is 5.82 Å². The molecule has 0 aliphatic carbocycles. The molecule has 0 aliphatic rings. The van der Waals surface area contributed by atoms with Crippen LogP contribution in [0.2, 0.25) is 0 Å². The Balaban J connectivity index is 1.39. The molecule has 142 valence electrons. The summed E-state index contributed by atoms with van der Waals surface area (Å²) in [6.07, 6.45) is 5.73. The van der Waals surface area contributed by atoms with Crippen LogP contribution in [0.3, 0.4) is 0 Å². The van der Waals surface area contributed by atoms with Crippen LogP contribution in [-0.2, 0) is 5.75 Å². The molecule has 0 atom stereocenters. The lowest BCUT2D eigenvalue weighted by molar-refractivity contribution is 0.102.